The summed E-state index contributed by atoms with van der Waals surface area (Å²) in [4.78, 5) is 11.4. The molecule has 0 saturated carbocycles. The van der Waals surface area contributed by atoms with E-state index >= 15 is 0 Å². The maximum Gasteiger partial charge on any atom is 0.134 e. The minimum absolute atomic E-state index is 0.567. The van der Waals surface area contributed by atoms with Gasteiger partial charge in [-0.25, -0.2) is 9.97 Å². The molecule has 1 saturated heterocycles. The number of nitrogens with one attached hydrogen (secondary N) is 1. The lowest BCUT2D eigenvalue weighted by molar-refractivity contribution is 0.411. The number of nitrogens with zero attached hydrogens (tertiary/aromatic N) is 3. The molecule has 2 unspecified atom stereocenters. The van der Waals surface area contributed by atoms with Gasteiger partial charge in [0.1, 0.15) is 17.5 Å². The minimum Gasteiger partial charge on any atom is -0.373 e. The molecule has 0 spiro atoms. The minimum atomic E-state index is 0.567. The Morgan fingerprint density at radius 1 is 1.24 bits per heavy atom. The zero-order chi connectivity index (χ0) is 12.4. The van der Waals surface area contributed by atoms with Crippen LogP contribution in [0.2, 0.25) is 0 Å². The highest BCUT2D eigenvalue weighted by Gasteiger charge is 2.26. The average Bonchev–Trinajstić information content (AvgIpc) is 2.28. The third-order valence-corrected chi connectivity index (χ3v) is 3.54. The molecule has 0 bridgehead atoms. The molecule has 0 amide bonds. The van der Waals surface area contributed by atoms with Gasteiger partial charge in [0, 0.05) is 25.2 Å². The summed E-state index contributed by atoms with van der Waals surface area (Å²) in [6, 6.07) is 3.18. The van der Waals surface area contributed by atoms with Crippen LogP contribution in [0.4, 0.5) is 11.6 Å². The van der Waals surface area contributed by atoms with Gasteiger partial charge in [-0.05, 0) is 40.0 Å². The molecule has 0 aliphatic carbocycles. The fourth-order valence-electron chi connectivity index (χ4n) is 2.69. The zero-order valence-corrected chi connectivity index (χ0v) is 11.2. The van der Waals surface area contributed by atoms with Crippen molar-refractivity contribution in [2.24, 2.45) is 0 Å². The van der Waals surface area contributed by atoms with Crippen molar-refractivity contribution in [2.45, 2.75) is 52.1 Å². The lowest BCUT2D eigenvalue weighted by Crippen LogP contribution is -2.44. The molecule has 4 nitrogen and oxygen atoms in total. The quantitative estimate of drug-likeness (QED) is 0.854. The summed E-state index contributed by atoms with van der Waals surface area (Å²) in [6.07, 6.45) is 3.83. The molecular formula is C13H22N4. The maximum absolute atomic E-state index is 4.58. The van der Waals surface area contributed by atoms with Crippen LogP contribution >= 0.6 is 0 Å². The first-order valence-electron chi connectivity index (χ1n) is 6.43. The molecule has 1 aromatic heterocycles. The molecule has 1 aliphatic rings. The molecule has 1 fully saturated rings. The van der Waals surface area contributed by atoms with Gasteiger partial charge in [0.2, 0.25) is 0 Å². The van der Waals surface area contributed by atoms with E-state index in [1.807, 2.05) is 20.0 Å². The highest BCUT2D eigenvalue weighted by atomic mass is 15.2. The lowest BCUT2D eigenvalue weighted by Gasteiger charge is -2.40. The van der Waals surface area contributed by atoms with E-state index in [9.17, 15) is 0 Å². The van der Waals surface area contributed by atoms with Crippen molar-refractivity contribution >= 4 is 11.6 Å². The number of anilines is 2. The summed E-state index contributed by atoms with van der Waals surface area (Å²) in [5, 5.41) is 3.10. The Morgan fingerprint density at radius 3 is 2.47 bits per heavy atom. The van der Waals surface area contributed by atoms with Crippen LogP contribution in [0.3, 0.4) is 0 Å². The zero-order valence-electron chi connectivity index (χ0n) is 11.2. The van der Waals surface area contributed by atoms with Crippen molar-refractivity contribution in [3.63, 3.8) is 0 Å². The third-order valence-electron chi connectivity index (χ3n) is 3.54. The number of piperidine rings is 1. The van der Waals surface area contributed by atoms with Crippen molar-refractivity contribution in [3.8, 4) is 0 Å². The predicted molar refractivity (Wildman–Crippen MR) is 71.6 cm³/mol. The predicted octanol–water partition coefficient (Wildman–Crippen LogP) is 2.59. The van der Waals surface area contributed by atoms with E-state index in [1.165, 1.54) is 19.3 Å². The van der Waals surface area contributed by atoms with Gasteiger partial charge in [0.05, 0.1) is 0 Å². The molecule has 4 heteroatoms. The average molecular weight is 234 g/mol. The summed E-state index contributed by atoms with van der Waals surface area (Å²) in [7, 11) is 1.90. The van der Waals surface area contributed by atoms with Gasteiger partial charge in [-0.15, -0.1) is 0 Å². The fourth-order valence-corrected chi connectivity index (χ4v) is 2.69. The summed E-state index contributed by atoms with van der Waals surface area (Å²) in [6.45, 7) is 6.52. The van der Waals surface area contributed by atoms with Crippen LogP contribution in [0.5, 0.6) is 0 Å². The number of rotatable bonds is 2. The Labute approximate surface area is 103 Å². The molecule has 2 heterocycles. The molecule has 0 radical (unpaired) electrons. The Kier molecular flexibility index (Phi) is 3.50. The van der Waals surface area contributed by atoms with E-state index in [0.29, 0.717) is 12.1 Å². The topological polar surface area (TPSA) is 41.0 Å². The second-order valence-electron chi connectivity index (χ2n) is 4.94. The Bertz CT molecular complexity index is 381. The van der Waals surface area contributed by atoms with E-state index < -0.39 is 0 Å². The van der Waals surface area contributed by atoms with Crippen LogP contribution < -0.4 is 10.2 Å². The van der Waals surface area contributed by atoms with E-state index in [4.69, 9.17) is 0 Å². The number of hydrogen-bond donors (Lipinski definition) is 1. The standard InChI is InChI=1S/C13H22N4/c1-9-6-5-7-10(2)17(9)13-8-12(14-4)15-11(3)16-13/h8-10H,5-7H2,1-4H3,(H,14,15,16). The number of aryl methyl sites for hydroxylation is 1. The van der Waals surface area contributed by atoms with Crippen molar-refractivity contribution in [1.29, 1.82) is 0 Å². The molecule has 17 heavy (non-hydrogen) atoms. The monoisotopic (exact) mass is 234 g/mol. The fraction of sp³-hybridized carbons (Fsp3) is 0.692. The van der Waals surface area contributed by atoms with Gasteiger partial charge in [-0.1, -0.05) is 0 Å². The molecule has 2 rings (SSSR count). The summed E-state index contributed by atoms with van der Waals surface area (Å²) in [5.41, 5.74) is 0. The van der Waals surface area contributed by atoms with Gasteiger partial charge in [-0.2, -0.15) is 0 Å². The van der Waals surface area contributed by atoms with E-state index in [0.717, 1.165) is 17.5 Å². The molecule has 1 aliphatic heterocycles. The largest absolute Gasteiger partial charge is 0.373 e. The van der Waals surface area contributed by atoms with Gasteiger partial charge >= 0.3 is 0 Å². The highest BCUT2D eigenvalue weighted by Crippen LogP contribution is 2.28. The first-order chi connectivity index (χ1) is 8.11. The van der Waals surface area contributed by atoms with Gasteiger partial charge in [0.25, 0.3) is 0 Å². The van der Waals surface area contributed by atoms with Gasteiger partial charge in [-0.3, -0.25) is 0 Å². The molecule has 94 valence electrons. The molecular weight excluding hydrogens is 212 g/mol. The van der Waals surface area contributed by atoms with Crippen LogP contribution in [0, 0.1) is 6.92 Å². The van der Waals surface area contributed by atoms with Crippen molar-refractivity contribution in [2.75, 3.05) is 17.3 Å². The second-order valence-corrected chi connectivity index (χ2v) is 4.94. The molecule has 2 atom stereocenters. The first-order valence-corrected chi connectivity index (χ1v) is 6.43. The second kappa shape index (κ2) is 4.90. The number of hydrogen-bond acceptors (Lipinski definition) is 4. The normalized spacial score (nSPS) is 24.8. The van der Waals surface area contributed by atoms with Crippen molar-refractivity contribution in [3.05, 3.63) is 11.9 Å². The molecule has 1 aromatic rings. The summed E-state index contributed by atoms with van der Waals surface area (Å²) in [5.74, 6) is 2.79. The SMILES string of the molecule is CNc1cc(N2C(C)CCCC2C)nc(C)n1. The van der Waals surface area contributed by atoms with Crippen LogP contribution in [-0.2, 0) is 0 Å². The van der Waals surface area contributed by atoms with Crippen LogP contribution in [0.25, 0.3) is 0 Å². The summed E-state index contributed by atoms with van der Waals surface area (Å²) < 4.78 is 0. The Hall–Kier alpha value is -1.32. The maximum atomic E-state index is 4.58. The van der Waals surface area contributed by atoms with Gasteiger partial charge < -0.3 is 10.2 Å². The Balaban J connectivity index is 2.34. The highest BCUT2D eigenvalue weighted by molar-refractivity contribution is 5.50. The first kappa shape index (κ1) is 12.1. The molecule has 0 aromatic carbocycles. The van der Waals surface area contributed by atoms with E-state index in [2.05, 4.69) is 34.0 Å². The Morgan fingerprint density at radius 2 is 1.88 bits per heavy atom. The van der Waals surface area contributed by atoms with Crippen LogP contribution in [-0.4, -0.2) is 29.1 Å². The summed E-state index contributed by atoms with van der Waals surface area (Å²) >= 11 is 0. The van der Waals surface area contributed by atoms with Crippen molar-refractivity contribution < 1.29 is 0 Å². The molecule has 1 N–H and O–H groups in total. The van der Waals surface area contributed by atoms with E-state index in [-0.39, 0.29) is 0 Å². The smallest absolute Gasteiger partial charge is 0.134 e. The van der Waals surface area contributed by atoms with Crippen LogP contribution in [0.1, 0.15) is 38.9 Å². The van der Waals surface area contributed by atoms with Gasteiger partial charge in [0.15, 0.2) is 0 Å². The number of aromatic nitrogens is 2. The van der Waals surface area contributed by atoms with Crippen LogP contribution in [0.15, 0.2) is 6.07 Å². The lowest BCUT2D eigenvalue weighted by atomic mass is 9.97. The van der Waals surface area contributed by atoms with E-state index in [1.54, 1.807) is 0 Å². The van der Waals surface area contributed by atoms with Crippen molar-refractivity contribution in [1.82, 2.24) is 9.97 Å². The third kappa shape index (κ3) is 2.51.